The molecule has 1 aliphatic rings. The van der Waals surface area contributed by atoms with Crippen LogP contribution in [0.1, 0.15) is 28.4 Å². The Morgan fingerprint density at radius 3 is 1.58 bits per heavy atom. The number of rotatable bonds is 9. The van der Waals surface area contributed by atoms with E-state index in [0.29, 0.717) is 13.2 Å². The first-order chi connectivity index (χ1) is 25.7. The van der Waals surface area contributed by atoms with Crippen LogP contribution in [-0.4, -0.2) is 19.1 Å². The van der Waals surface area contributed by atoms with Crippen LogP contribution in [-0.2, 0) is 6.54 Å². The maximum absolute atomic E-state index is 5.25. The molecule has 1 aliphatic heterocycles. The minimum atomic E-state index is -0.0208. The molecule has 254 valence electrons. The number of nitrogens with two attached hydrogens (primary N) is 1. The van der Waals surface area contributed by atoms with E-state index in [9.17, 15) is 0 Å². The average molecular weight is 676 g/mol. The number of nitrogens with one attached hydrogen (secondary N) is 1. The zero-order valence-electron chi connectivity index (χ0n) is 29.0. The summed E-state index contributed by atoms with van der Waals surface area (Å²) >= 11 is 0. The van der Waals surface area contributed by atoms with E-state index in [1.54, 1.807) is 0 Å². The zero-order valence-corrected chi connectivity index (χ0v) is 29.0. The summed E-state index contributed by atoms with van der Waals surface area (Å²) < 4.78 is 0. The molecule has 0 amide bonds. The fraction of sp³-hybridized carbons (Fsp3) is 0.0638. The number of hydrogen-bond donors (Lipinski definition) is 2. The van der Waals surface area contributed by atoms with E-state index in [4.69, 9.17) is 10.7 Å². The van der Waals surface area contributed by atoms with Crippen LogP contribution in [0.5, 0.6) is 0 Å². The minimum absolute atomic E-state index is 0.0208. The van der Waals surface area contributed by atoms with Crippen molar-refractivity contribution in [1.29, 1.82) is 0 Å². The molecule has 1 atom stereocenters. The maximum atomic E-state index is 5.25. The third kappa shape index (κ3) is 7.76. The molecule has 8 rings (SSSR count). The Kier molecular flexibility index (Phi) is 10.7. The van der Waals surface area contributed by atoms with Gasteiger partial charge in [0.2, 0.25) is 0 Å². The lowest BCUT2D eigenvalue weighted by Gasteiger charge is -2.27. The molecule has 5 nitrogen and oxygen atoms in total. The fourth-order valence-corrected chi connectivity index (χ4v) is 6.49. The highest BCUT2D eigenvalue weighted by Gasteiger charge is 2.30. The molecular weight excluding hydrogens is 635 g/mol. The number of aliphatic imine (C=N–C) groups is 2. The van der Waals surface area contributed by atoms with Gasteiger partial charge in [-0.25, -0.2) is 0 Å². The Hall–Kier alpha value is -6.56. The molecule has 52 heavy (non-hydrogen) atoms. The third-order valence-electron chi connectivity index (χ3n) is 9.12. The second kappa shape index (κ2) is 16.4. The van der Waals surface area contributed by atoms with Crippen LogP contribution in [0.3, 0.4) is 0 Å². The van der Waals surface area contributed by atoms with E-state index in [1.807, 2.05) is 0 Å². The lowest BCUT2D eigenvalue weighted by molar-refractivity contribution is 0.828. The normalized spacial score (nSPS) is 13.4. The van der Waals surface area contributed by atoms with E-state index in [0.717, 1.165) is 28.2 Å². The number of fused-ring (bicyclic) bond motifs is 1. The van der Waals surface area contributed by atoms with Crippen LogP contribution >= 0.6 is 0 Å². The zero-order chi connectivity index (χ0) is 35.5. The predicted octanol–water partition coefficient (Wildman–Crippen LogP) is 10.9. The molecule has 0 aromatic heterocycles. The molecule has 0 saturated heterocycles. The van der Waals surface area contributed by atoms with Crippen molar-refractivity contribution >= 4 is 29.5 Å². The predicted molar refractivity (Wildman–Crippen MR) is 220 cm³/mol. The van der Waals surface area contributed by atoms with Crippen LogP contribution in [0, 0.1) is 0 Å². The Morgan fingerprint density at radius 2 is 1.02 bits per heavy atom. The molecule has 0 spiro atoms. The standard InChI is InChI=1S/C45H35N3.C2H6N2/c1-4-12-34(13-5-1)36-22-20-33(21-23-36)32-46-44(38-26-24-37(25-27-38)35-14-6-2-7-15-35)39-28-30-40(31-29-39)45-47-42-18-10-11-19-43(42)48(45)41-16-8-3-9-17-41;1-4-2-3/h1-31,45,47H,32H2;1-3H2. The number of anilines is 3. The van der Waals surface area contributed by atoms with Gasteiger partial charge >= 0.3 is 0 Å². The molecule has 1 heterocycles. The summed E-state index contributed by atoms with van der Waals surface area (Å²) in [6.07, 6.45) is -0.0208. The number of nitrogens with zero attached hydrogens (tertiary/aromatic N) is 3. The smallest absolute Gasteiger partial charge is 0.130 e. The van der Waals surface area contributed by atoms with Crippen molar-refractivity contribution in [2.24, 2.45) is 15.7 Å². The van der Waals surface area contributed by atoms with Gasteiger partial charge in [-0.05, 0) is 64.4 Å². The van der Waals surface area contributed by atoms with Gasteiger partial charge in [0, 0.05) is 16.8 Å². The van der Waals surface area contributed by atoms with Crippen LogP contribution < -0.4 is 16.0 Å². The van der Waals surface area contributed by atoms with Gasteiger partial charge < -0.3 is 16.0 Å². The van der Waals surface area contributed by atoms with Gasteiger partial charge in [0.25, 0.3) is 0 Å². The molecule has 7 aromatic carbocycles. The molecule has 0 radical (unpaired) electrons. The maximum Gasteiger partial charge on any atom is 0.130 e. The summed E-state index contributed by atoms with van der Waals surface area (Å²) in [5.41, 5.74) is 18.6. The van der Waals surface area contributed by atoms with Crippen molar-refractivity contribution < 1.29 is 0 Å². The van der Waals surface area contributed by atoms with E-state index in [1.165, 1.54) is 39.1 Å². The highest BCUT2D eigenvalue weighted by atomic mass is 15.3. The van der Waals surface area contributed by atoms with Gasteiger partial charge in [-0.3, -0.25) is 9.98 Å². The van der Waals surface area contributed by atoms with Crippen LogP contribution in [0.15, 0.2) is 198 Å². The summed E-state index contributed by atoms with van der Waals surface area (Å²) in [5, 5.41) is 3.76. The number of hydrogen-bond acceptors (Lipinski definition) is 5. The van der Waals surface area contributed by atoms with E-state index < -0.39 is 0 Å². The minimum Gasteiger partial charge on any atom is -0.359 e. The van der Waals surface area contributed by atoms with Gasteiger partial charge in [0.15, 0.2) is 0 Å². The molecule has 0 bridgehead atoms. The summed E-state index contributed by atoms with van der Waals surface area (Å²) in [6.45, 7) is 4.03. The largest absolute Gasteiger partial charge is 0.359 e. The second-order valence-corrected chi connectivity index (χ2v) is 12.5. The summed E-state index contributed by atoms with van der Waals surface area (Å²) in [4.78, 5) is 10.9. The van der Waals surface area contributed by atoms with Gasteiger partial charge in [-0.2, -0.15) is 0 Å². The first-order valence-electron chi connectivity index (χ1n) is 17.5. The quantitative estimate of drug-likeness (QED) is 0.150. The Bertz CT molecular complexity index is 2210. The SMILES string of the molecule is C=NCN.c1ccc(-c2ccc(CN=C(c3ccc(-c4ccccc4)cc3)c3ccc(C4Nc5ccccc5N4c4ccccc4)cc3)cc2)cc1. The third-order valence-corrected chi connectivity index (χ3v) is 9.12. The van der Waals surface area contributed by atoms with Crippen molar-refractivity contribution in [3.63, 3.8) is 0 Å². The lowest BCUT2D eigenvalue weighted by atomic mass is 9.97. The second-order valence-electron chi connectivity index (χ2n) is 12.5. The fourth-order valence-electron chi connectivity index (χ4n) is 6.49. The van der Waals surface area contributed by atoms with Gasteiger partial charge in [0.1, 0.15) is 6.17 Å². The molecule has 0 saturated carbocycles. The summed E-state index contributed by atoms with van der Waals surface area (Å²) in [6, 6.07) is 66.5. The number of para-hydroxylation sites is 3. The highest BCUT2D eigenvalue weighted by Crippen LogP contribution is 2.45. The first kappa shape index (κ1) is 33.9. The van der Waals surface area contributed by atoms with E-state index >= 15 is 0 Å². The van der Waals surface area contributed by atoms with Crippen molar-refractivity contribution in [1.82, 2.24) is 0 Å². The molecule has 3 N–H and O–H groups in total. The summed E-state index contributed by atoms with van der Waals surface area (Å²) in [7, 11) is 0. The Morgan fingerprint density at radius 1 is 0.558 bits per heavy atom. The molecular formula is C47H41N5. The Labute approximate surface area is 306 Å². The molecule has 5 heteroatoms. The number of benzene rings is 7. The van der Waals surface area contributed by atoms with Gasteiger partial charge in [0.05, 0.1) is 30.3 Å². The average Bonchev–Trinajstić information content (AvgIpc) is 3.62. The van der Waals surface area contributed by atoms with E-state index in [-0.39, 0.29) is 6.17 Å². The lowest BCUT2D eigenvalue weighted by Crippen LogP contribution is -2.23. The summed E-state index contributed by atoms with van der Waals surface area (Å²) in [5.74, 6) is 0. The van der Waals surface area contributed by atoms with Gasteiger partial charge in [-0.15, -0.1) is 0 Å². The van der Waals surface area contributed by atoms with Crippen molar-refractivity contribution in [3.8, 4) is 22.3 Å². The van der Waals surface area contributed by atoms with Crippen LogP contribution in [0.25, 0.3) is 22.3 Å². The first-order valence-corrected chi connectivity index (χ1v) is 17.5. The molecule has 7 aromatic rings. The van der Waals surface area contributed by atoms with Gasteiger partial charge in [-0.1, -0.05) is 164 Å². The topological polar surface area (TPSA) is 66.0 Å². The van der Waals surface area contributed by atoms with Crippen molar-refractivity contribution in [2.45, 2.75) is 12.7 Å². The molecule has 0 fully saturated rings. The van der Waals surface area contributed by atoms with E-state index in [2.05, 4.69) is 210 Å². The van der Waals surface area contributed by atoms with Crippen LogP contribution in [0.4, 0.5) is 17.1 Å². The monoisotopic (exact) mass is 675 g/mol. The molecule has 1 unspecified atom stereocenters. The Balaban J connectivity index is 0.00000100. The van der Waals surface area contributed by atoms with Crippen molar-refractivity contribution in [2.75, 3.05) is 16.9 Å². The highest BCUT2D eigenvalue weighted by molar-refractivity contribution is 6.13. The van der Waals surface area contributed by atoms with Crippen molar-refractivity contribution in [3.05, 3.63) is 210 Å². The molecule has 0 aliphatic carbocycles. The van der Waals surface area contributed by atoms with Crippen LogP contribution in [0.2, 0.25) is 0 Å².